The van der Waals surface area contributed by atoms with E-state index in [0.29, 0.717) is 6.54 Å². The summed E-state index contributed by atoms with van der Waals surface area (Å²) in [5, 5.41) is 2.96. The Labute approximate surface area is 183 Å². The van der Waals surface area contributed by atoms with Crippen LogP contribution in [-0.2, 0) is 11.3 Å². The Hall–Kier alpha value is -2.89. The number of aromatic nitrogens is 1. The van der Waals surface area contributed by atoms with Crippen molar-refractivity contribution in [2.24, 2.45) is 0 Å². The highest BCUT2D eigenvalue weighted by Crippen LogP contribution is 2.34. The van der Waals surface area contributed by atoms with E-state index in [9.17, 15) is 14.4 Å². The third kappa shape index (κ3) is 4.58. The van der Waals surface area contributed by atoms with Gasteiger partial charge < -0.3 is 14.8 Å². The summed E-state index contributed by atoms with van der Waals surface area (Å²) in [4.78, 5) is 40.6. The molecular formula is C25H31N3O3. The third-order valence-corrected chi connectivity index (χ3v) is 6.63. The van der Waals surface area contributed by atoms with Crippen LogP contribution >= 0.6 is 0 Å². The van der Waals surface area contributed by atoms with Crippen molar-refractivity contribution in [2.75, 3.05) is 6.54 Å². The number of hydrogen-bond donors (Lipinski definition) is 1. The van der Waals surface area contributed by atoms with Gasteiger partial charge in [-0.3, -0.25) is 14.4 Å². The molecule has 1 aliphatic carbocycles. The van der Waals surface area contributed by atoms with Gasteiger partial charge in [-0.15, -0.1) is 0 Å². The molecule has 2 aliphatic rings. The second-order valence-corrected chi connectivity index (χ2v) is 8.91. The van der Waals surface area contributed by atoms with E-state index in [4.69, 9.17) is 0 Å². The van der Waals surface area contributed by atoms with E-state index in [0.717, 1.165) is 38.5 Å². The fourth-order valence-corrected chi connectivity index (χ4v) is 4.91. The van der Waals surface area contributed by atoms with Gasteiger partial charge in [-0.1, -0.05) is 36.6 Å². The summed E-state index contributed by atoms with van der Waals surface area (Å²) in [5.41, 5.74) is 3.24. The van der Waals surface area contributed by atoms with Crippen molar-refractivity contribution in [3.05, 3.63) is 69.1 Å². The molecule has 0 spiro atoms. The van der Waals surface area contributed by atoms with Crippen LogP contribution in [0.25, 0.3) is 0 Å². The number of benzene rings is 1. The predicted molar refractivity (Wildman–Crippen MR) is 120 cm³/mol. The fraction of sp³-hybridized carbons (Fsp3) is 0.480. The maximum absolute atomic E-state index is 13.2. The third-order valence-electron chi connectivity index (χ3n) is 6.63. The molecule has 1 atom stereocenters. The summed E-state index contributed by atoms with van der Waals surface area (Å²) < 4.78 is 1.37. The lowest BCUT2D eigenvalue weighted by atomic mass is 9.97. The molecule has 1 aromatic carbocycles. The summed E-state index contributed by atoms with van der Waals surface area (Å²) in [7, 11) is 0. The van der Waals surface area contributed by atoms with E-state index >= 15 is 0 Å². The summed E-state index contributed by atoms with van der Waals surface area (Å²) in [6.07, 6.45) is 7.60. The van der Waals surface area contributed by atoms with Crippen LogP contribution in [-0.4, -0.2) is 33.9 Å². The van der Waals surface area contributed by atoms with E-state index in [1.807, 2.05) is 4.90 Å². The number of hydrogen-bond acceptors (Lipinski definition) is 3. The zero-order chi connectivity index (χ0) is 22.0. The zero-order valence-corrected chi connectivity index (χ0v) is 18.4. The Morgan fingerprint density at radius 3 is 2.61 bits per heavy atom. The monoisotopic (exact) mass is 421 g/mol. The van der Waals surface area contributed by atoms with E-state index in [-0.39, 0.29) is 36.0 Å². The quantitative estimate of drug-likeness (QED) is 0.803. The van der Waals surface area contributed by atoms with Crippen LogP contribution in [0.1, 0.15) is 71.6 Å². The van der Waals surface area contributed by atoms with Crippen molar-refractivity contribution in [3.63, 3.8) is 0 Å². The van der Waals surface area contributed by atoms with Crippen LogP contribution in [0.2, 0.25) is 0 Å². The SMILES string of the molecule is Cc1ccc(C)c([C@@H]2CCCN2C(=O)Cn2cccc(C(=O)NC3CCCC3)c2=O)c1. The molecular weight excluding hydrogens is 390 g/mol. The van der Waals surface area contributed by atoms with Crippen molar-refractivity contribution in [3.8, 4) is 0 Å². The number of aryl methyl sites for hydroxylation is 2. The minimum absolute atomic E-state index is 0.0388. The smallest absolute Gasteiger partial charge is 0.263 e. The molecule has 2 aromatic rings. The standard InChI is InChI=1S/C25H31N3O3/c1-17-11-12-18(2)21(15-17)22-10-6-14-28(22)23(29)16-27-13-5-9-20(25(27)31)24(30)26-19-7-3-4-8-19/h5,9,11-13,15,19,22H,3-4,6-8,10,14,16H2,1-2H3,(H,26,30)/t22-/m0/s1. The molecule has 2 amide bonds. The Bertz CT molecular complexity index is 1040. The first-order valence-electron chi connectivity index (χ1n) is 11.3. The van der Waals surface area contributed by atoms with Gasteiger partial charge in [-0.25, -0.2) is 0 Å². The minimum atomic E-state index is -0.408. The van der Waals surface area contributed by atoms with Crippen molar-refractivity contribution in [1.29, 1.82) is 0 Å². The molecule has 1 aromatic heterocycles. The Balaban J connectivity index is 1.51. The Morgan fingerprint density at radius 1 is 1.06 bits per heavy atom. The molecule has 1 saturated heterocycles. The van der Waals surface area contributed by atoms with Crippen molar-refractivity contribution >= 4 is 11.8 Å². The molecule has 0 radical (unpaired) electrons. The van der Waals surface area contributed by atoms with Crippen LogP contribution in [0.4, 0.5) is 0 Å². The molecule has 2 fully saturated rings. The lowest BCUT2D eigenvalue weighted by Crippen LogP contribution is -2.40. The highest BCUT2D eigenvalue weighted by molar-refractivity contribution is 5.94. The summed E-state index contributed by atoms with van der Waals surface area (Å²) in [6, 6.07) is 9.74. The minimum Gasteiger partial charge on any atom is -0.349 e. The largest absolute Gasteiger partial charge is 0.349 e. The van der Waals surface area contributed by atoms with Crippen molar-refractivity contribution in [1.82, 2.24) is 14.8 Å². The van der Waals surface area contributed by atoms with E-state index in [1.54, 1.807) is 18.3 Å². The van der Waals surface area contributed by atoms with E-state index < -0.39 is 5.56 Å². The second-order valence-electron chi connectivity index (χ2n) is 8.91. The number of carbonyl (C=O) groups excluding carboxylic acids is 2. The molecule has 164 valence electrons. The molecule has 0 unspecified atom stereocenters. The van der Waals surface area contributed by atoms with Crippen LogP contribution in [0.15, 0.2) is 41.3 Å². The molecule has 1 N–H and O–H groups in total. The van der Waals surface area contributed by atoms with Gasteiger partial charge in [0.25, 0.3) is 11.5 Å². The van der Waals surface area contributed by atoms with Gasteiger partial charge in [0.2, 0.25) is 5.91 Å². The molecule has 6 heteroatoms. The molecule has 0 bridgehead atoms. The maximum atomic E-state index is 13.2. The molecule has 31 heavy (non-hydrogen) atoms. The predicted octanol–water partition coefficient (Wildman–Crippen LogP) is 3.50. The number of nitrogens with zero attached hydrogens (tertiary/aromatic N) is 2. The number of rotatable bonds is 5. The lowest BCUT2D eigenvalue weighted by Gasteiger charge is -2.27. The van der Waals surface area contributed by atoms with Crippen LogP contribution in [0.5, 0.6) is 0 Å². The van der Waals surface area contributed by atoms with Gasteiger partial charge >= 0.3 is 0 Å². The summed E-state index contributed by atoms with van der Waals surface area (Å²) >= 11 is 0. The first-order chi connectivity index (χ1) is 14.9. The number of carbonyl (C=O) groups is 2. The number of likely N-dealkylation sites (tertiary alicyclic amines) is 1. The normalized spacial score (nSPS) is 19.0. The molecule has 6 nitrogen and oxygen atoms in total. The fourth-order valence-electron chi connectivity index (χ4n) is 4.91. The number of pyridine rings is 1. The molecule has 2 heterocycles. The zero-order valence-electron chi connectivity index (χ0n) is 18.4. The Morgan fingerprint density at radius 2 is 1.84 bits per heavy atom. The van der Waals surface area contributed by atoms with Gasteiger partial charge in [0.1, 0.15) is 12.1 Å². The highest BCUT2D eigenvalue weighted by atomic mass is 16.2. The maximum Gasteiger partial charge on any atom is 0.263 e. The lowest BCUT2D eigenvalue weighted by molar-refractivity contribution is -0.132. The van der Waals surface area contributed by atoms with Gasteiger partial charge in [0, 0.05) is 18.8 Å². The molecule has 1 saturated carbocycles. The average molecular weight is 422 g/mol. The Kier molecular flexibility index (Phi) is 6.25. The summed E-state index contributed by atoms with van der Waals surface area (Å²) in [5.74, 6) is -0.424. The number of amides is 2. The van der Waals surface area contributed by atoms with E-state index in [2.05, 4.69) is 37.4 Å². The molecule has 4 rings (SSSR count). The van der Waals surface area contributed by atoms with Crippen molar-refractivity contribution in [2.45, 2.75) is 71.0 Å². The summed E-state index contributed by atoms with van der Waals surface area (Å²) in [6.45, 7) is 4.77. The second kappa shape index (κ2) is 9.08. The van der Waals surface area contributed by atoms with Crippen LogP contribution < -0.4 is 10.9 Å². The van der Waals surface area contributed by atoms with Gasteiger partial charge in [0.15, 0.2) is 0 Å². The van der Waals surface area contributed by atoms with Gasteiger partial charge in [-0.05, 0) is 62.8 Å². The van der Waals surface area contributed by atoms with Crippen LogP contribution in [0.3, 0.4) is 0 Å². The highest BCUT2D eigenvalue weighted by Gasteiger charge is 2.31. The first kappa shape index (κ1) is 21.3. The van der Waals surface area contributed by atoms with Gasteiger partial charge in [0.05, 0.1) is 6.04 Å². The van der Waals surface area contributed by atoms with Gasteiger partial charge in [-0.2, -0.15) is 0 Å². The van der Waals surface area contributed by atoms with E-state index in [1.165, 1.54) is 21.3 Å². The topological polar surface area (TPSA) is 71.4 Å². The van der Waals surface area contributed by atoms with Crippen molar-refractivity contribution < 1.29 is 9.59 Å². The first-order valence-corrected chi connectivity index (χ1v) is 11.3. The number of nitrogens with one attached hydrogen (secondary N) is 1. The van der Waals surface area contributed by atoms with Crippen LogP contribution in [0, 0.1) is 13.8 Å². The average Bonchev–Trinajstić information content (AvgIpc) is 3.43. The molecule has 1 aliphatic heterocycles.